The largest absolute Gasteiger partial charge is 0.376 e. The van der Waals surface area contributed by atoms with Crippen molar-refractivity contribution in [2.24, 2.45) is 0 Å². The smallest absolute Gasteiger partial charge is 0.0638 e. The summed E-state index contributed by atoms with van der Waals surface area (Å²) in [7, 11) is 0. The SMILES string of the molecule is Clc1ccc(I)cc1NC1CSc2ccccc21. The number of halogens is 2. The number of hydrogen-bond donors (Lipinski definition) is 1. The van der Waals surface area contributed by atoms with Gasteiger partial charge in [-0.15, -0.1) is 11.8 Å². The van der Waals surface area contributed by atoms with Gasteiger partial charge < -0.3 is 5.32 Å². The Hall–Kier alpha value is -0.390. The van der Waals surface area contributed by atoms with E-state index in [4.69, 9.17) is 11.6 Å². The van der Waals surface area contributed by atoms with Gasteiger partial charge >= 0.3 is 0 Å². The fraction of sp³-hybridized carbons (Fsp3) is 0.143. The summed E-state index contributed by atoms with van der Waals surface area (Å²) in [6.45, 7) is 0. The summed E-state index contributed by atoms with van der Waals surface area (Å²) in [4.78, 5) is 1.37. The van der Waals surface area contributed by atoms with Gasteiger partial charge in [-0.2, -0.15) is 0 Å². The number of rotatable bonds is 2. The highest BCUT2D eigenvalue weighted by molar-refractivity contribution is 14.1. The predicted molar refractivity (Wildman–Crippen MR) is 87.7 cm³/mol. The molecule has 1 atom stereocenters. The molecule has 0 saturated heterocycles. The van der Waals surface area contributed by atoms with Crippen molar-refractivity contribution < 1.29 is 0 Å². The summed E-state index contributed by atoms with van der Waals surface area (Å²) in [6, 6.07) is 15.0. The molecule has 18 heavy (non-hydrogen) atoms. The van der Waals surface area contributed by atoms with Crippen molar-refractivity contribution in [2.75, 3.05) is 11.1 Å². The zero-order chi connectivity index (χ0) is 12.5. The quantitative estimate of drug-likeness (QED) is 0.711. The van der Waals surface area contributed by atoms with Crippen LogP contribution in [0.25, 0.3) is 0 Å². The molecular formula is C14H11ClINS. The fourth-order valence-electron chi connectivity index (χ4n) is 2.08. The van der Waals surface area contributed by atoms with Crippen molar-refractivity contribution in [2.45, 2.75) is 10.9 Å². The van der Waals surface area contributed by atoms with E-state index in [2.05, 4.69) is 58.2 Å². The van der Waals surface area contributed by atoms with Gasteiger partial charge in [0.05, 0.1) is 16.8 Å². The lowest BCUT2D eigenvalue weighted by Crippen LogP contribution is -2.10. The molecule has 1 N–H and O–H groups in total. The molecule has 1 nitrogen and oxygen atoms in total. The minimum Gasteiger partial charge on any atom is -0.376 e. The number of nitrogens with one attached hydrogen (secondary N) is 1. The van der Waals surface area contributed by atoms with Crippen LogP contribution in [0.15, 0.2) is 47.4 Å². The van der Waals surface area contributed by atoms with Crippen LogP contribution >= 0.6 is 46.0 Å². The van der Waals surface area contributed by atoms with Crippen LogP contribution < -0.4 is 5.32 Å². The molecule has 2 aromatic carbocycles. The summed E-state index contributed by atoms with van der Waals surface area (Å²) in [5, 5.41) is 4.33. The monoisotopic (exact) mass is 387 g/mol. The number of fused-ring (bicyclic) bond motifs is 1. The van der Waals surface area contributed by atoms with E-state index in [0.29, 0.717) is 6.04 Å². The zero-order valence-corrected chi connectivity index (χ0v) is 13.2. The lowest BCUT2D eigenvalue weighted by Gasteiger charge is -2.16. The summed E-state index contributed by atoms with van der Waals surface area (Å²) >= 11 is 10.4. The van der Waals surface area contributed by atoms with Crippen LogP contribution in [0.2, 0.25) is 5.02 Å². The van der Waals surface area contributed by atoms with Crippen LogP contribution in [-0.4, -0.2) is 5.75 Å². The van der Waals surface area contributed by atoms with Crippen molar-refractivity contribution in [3.8, 4) is 0 Å². The van der Waals surface area contributed by atoms with Crippen molar-refractivity contribution in [1.82, 2.24) is 0 Å². The Morgan fingerprint density at radius 2 is 2.06 bits per heavy atom. The van der Waals surface area contributed by atoms with Crippen molar-refractivity contribution in [1.29, 1.82) is 0 Å². The van der Waals surface area contributed by atoms with Gasteiger partial charge in [0.15, 0.2) is 0 Å². The minimum absolute atomic E-state index is 0.349. The molecule has 0 aliphatic carbocycles. The number of hydrogen-bond acceptors (Lipinski definition) is 2. The van der Waals surface area contributed by atoms with E-state index >= 15 is 0 Å². The maximum Gasteiger partial charge on any atom is 0.0638 e. The zero-order valence-electron chi connectivity index (χ0n) is 9.49. The lowest BCUT2D eigenvalue weighted by atomic mass is 10.1. The molecule has 1 heterocycles. The van der Waals surface area contributed by atoms with Crippen LogP contribution in [0.1, 0.15) is 11.6 Å². The molecule has 0 aromatic heterocycles. The Labute approximate surface area is 129 Å². The molecule has 1 unspecified atom stereocenters. The average molecular weight is 388 g/mol. The first-order valence-electron chi connectivity index (χ1n) is 5.67. The molecular weight excluding hydrogens is 377 g/mol. The molecule has 0 spiro atoms. The van der Waals surface area contributed by atoms with Crippen molar-refractivity contribution >= 4 is 51.6 Å². The first kappa shape index (κ1) is 12.6. The second-order valence-corrected chi connectivity index (χ2v) is 6.88. The van der Waals surface area contributed by atoms with Crippen LogP contribution in [0.4, 0.5) is 5.69 Å². The van der Waals surface area contributed by atoms with Gasteiger partial charge in [-0.3, -0.25) is 0 Å². The number of benzene rings is 2. The van der Waals surface area contributed by atoms with E-state index in [1.807, 2.05) is 23.9 Å². The summed E-state index contributed by atoms with van der Waals surface area (Å²) in [6.07, 6.45) is 0. The third kappa shape index (κ3) is 2.49. The van der Waals surface area contributed by atoms with Crippen molar-refractivity contribution in [3.05, 3.63) is 56.6 Å². The Morgan fingerprint density at radius 1 is 1.22 bits per heavy atom. The number of anilines is 1. The molecule has 0 radical (unpaired) electrons. The average Bonchev–Trinajstić information content (AvgIpc) is 2.78. The Bertz CT molecular complexity index is 588. The minimum atomic E-state index is 0.349. The van der Waals surface area contributed by atoms with Crippen LogP contribution in [0, 0.1) is 3.57 Å². The van der Waals surface area contributed by atoms with Gasteiger partial charge in [-0.25, -0.2) is 0 Å². The number of thioether (sulfide) groups is 1. The molecule has 1 aliphatic rings. The Balaban J connectivity index is 1.88. The van der Waals surface area contributed by atoms with Gasteiger partial charge in [0.1, 0.15) is 0 Å². The highest BCUT2D eigenvalue weighted by atomic mass is 127. The van der Waals surface area contributed by atoms with E-state index in [9.17, 15) is 0 Å². The maximum atomic E-state index is 6.23. The summed E-state index contributed by atoms with van der Waals surface area (Å²) in [5.74, 6) is 1.06. The van der Waals surface area contributed by atoms with E-state index in [1.54, 1.807) is 0 Å². The molecule has 4 heteroatoms. The standard InChI is InChI=1S/C14H11ClINS/c15-11-6-5-9(16)7-12(11)17-13-8-18-14-4-2-1-3-10(13)14/h1-7,13,17H,8H2. The van der Waals surface area contributed by atoms with E-state index in [0.717, 1.165) is 16.5 Å². The highest BCUT2D eigenvalue weighted by Crippen LogP contribution is 2.40. The van der Waals surface area contributed by atoms with Crippen LogP contribution in [-0.2, 0) is 0 Å². The summed E-state index contributed by atoms with van der Waals surface area (Å²) in [5.41, 5.74) is 2.39. The van der Waals surface area contributed by atoms with Gasteiger partial charge in [-0.05, 0) is 52.4 Å². The summed E-state index contributed by atoms with van der Waals surface area (Å²) < 4.78 is 1.19. The second-order valence-electron chi connectivity index (χ2n) is 4.17. The molecule has 2 aromatic rings. The Morgan fingerprint density at radius 3 is 2.94 bits per heavy atom. The van der Waals surface area contributed by atoms with Gasteiger partial charge in [0.25, 0.3) is 0 Å². The molecule has 0 fully saturated rings. The molecule has 3 rings (SSSR count). The van der Waals surface area contributed by atoms with Crippen LogP contribution in [0.3, 0.4) is 0 Å². The third-order valence-corrected chi connectivity index (χ3v) is 5.14. The van der Waals surface area contributed by atoms with Gasteiger partial charge in [-0.1, -0.05) is 29.8 Å². The third-order valence-electron chi connectivity index (χ3n) is 2.96. The Kier molecular flexibility index (Phi) is 3.73. The molecule has 0 amide bonds. The van der Waals surface area contributed by atoms with E-state index in [-0.39, 0.29) is 0 Å². The topological polar surface area (TPSA) is 12.0 Å². The van der Waals surface area contributed by atoms with Crippen LogP contribution in [0.5, 0.6) is 0 Å². The predicted octanol–water partition coefficient (Wildman–Crippen LogP) is 5.20. The lowest BCUT2D eigenvalue weighted by molar-refractivity contribution is 0.900. The first-order valence-corrected chi connectivity index (χ1v) is 8.11. The molecule has 0 saturated carbocycles. The van der Waals surface area contributed by atoms with Gasteiger partial charge in [0.2, 0.25) is 0 Å². The highest BCUT2D eigenvalue weighted by Gasteiger charge is 2.22. The fourth-order valence-corrected chi connectivity index (χ4v) is 3.90. The molecule has 0 bridgehead atoms. The first-order chi connectivity index (χ1) is 8.74. The van der Waals surface area contributed by atoms with E-state index in [1.165, 1.54) is 14.0 Å². The van der Waals surface area contributed by atoms with Gasteiger partial charge in [0, 0.05) is 14.2 Å². The normalized spacial score (nSPS) is 17.6. The maximum absolute atomic E-state index is 6.23. The second kappa shape index (κ2) is 5.31. The molecule has 1 aliphatic heterocycles. The molecule has 92 valence electrons. The van der Waals surface area contributed by atoms with Crippen molar-refractivity contribution in [3.63, 3.8) is 0 Å². The van der Waals surface area contributed by atoms with E-state index < -0.39 is 0 Å².